The Labute approximate surface area is 104 Å². The third-order valence-electron chi connectivity index (χ3n) is 3.17. The topological polar surface area (TPSA) is 48.1 Å². The number of aromatic nitrogens is 1. The Morgan fingerprint density at radius 3 is 3.00 bits per heavy atom. The van der Waals surface area contributed by atoms with Gasteiger partial charge in [-0.05, 0) is 12.1 Å². The lowest BCUT2D eigenvalue weighted by molar-refractivity contribution is 0.160. The molecule has 2 atom stereocenters. The zero-order valence-electron chi connectivity index (χ0n) is 9.71. The van der Waals surface area contributed by atoms with Gasteiger partial charge in [-0.15, -0.1) is 0 Å². The van der Waals surface area contributed by atoms with Crippen molar-refractivity contribution in [1.82, 2.24) is 4.98 Å². The van der Waals surface area contributed by atoms with Gasteiger partial charge in [0.2, 0.25) is 0 Å². The van der Waals surface area contributed by atoms with Crippen molar-refractivity contribution in [3.05, 3.63) is 59.7 Å². The Kier molecular flexibility index (Phi) is 2.72. The van der Waals surface area contributed by atoms with Crippen molar-refractivity contribution in [1.29, 1.82) is 0 Å². The zero-order valence-corrected chi connectivity index (χ0v) is 9.71. The Hall–Kier alpha value is -1.94. The molecule has 0 spiro atoms. The van der Waals surface area contributed by atoms with Crippen molar-refractivity contribution in [2.75, 3.05) is 0 Å². The van der Waals surface area contributed by atoms with E-state index in [9.17, 15) is 4.39 Å². The molecule has 1 unspecified atom stereocenters. The Morgan fingerprint density at radius 1 is 1.33 bits per heavy atom. The maximum Gasteiger partial charge on any atom is 0.127 e. The molecular formula is C14H13FN2O. The van der Waals surface area contributed by atoms with Crippen molar-refractivity contribution in [3.63, 3.8) is 0 Å². The molecule has 2 N–H and O–H groups in total. The molecule has 1 aliphatic rings. The first-order valence-electron chi connectivity index (χ1n) is 5.85. The van der Waals surface area contributed by atoms with Gasteiger partial charge < -0.3 is 10.5 Å². The number of pyridine rings is 1. The van der Waals surface area contributed by atoms with Crippen molar-refractivity contribution >= 4 is 0 Å². The summed E-state index contributed by atoms with van der Waals surface area (Å²) < 4.78 is 19.0. The molecule has 2 aromatic rings. The highest BCUT2D eigenvalue weighted by molar-refractivity contribution is 5.39. The van der Waals surface area contributed by atoms with E-state index in [0.717, 1.165) is 11.1 Å². The molecule has 3 nitrogen and oxygen atoms in total. The lowest BCUT2D eigenvalue weighted by Gasteiger charge is -2.30. The van der Waals surface area contributed by atoms with Gasteiger partial charge in [0.15, 0.2) is 0 Å². The van der Waals surface area contributed by atoms with Gasteiger partial charge in [0, 0.05) is 42.0 Å². The second kappa shape index (κ2) is 4.38. The molecule has 92 valence electrons. The lowest BCUT2D eigenvalue weighted by Crippen LogP contribution is -2.24. The van der Waals surface area contributed by atoms with E-state index in [1.807, 2.05) is 12.1 Å². The minimum Gasteiger partial charge on any atom is -0.485 e. The molecule has 2 heterocycles. The molecule has 0 radical (unpaired) electrons. The Morgan fingerprint density at radius 2 is 2.22 bits per heavy atom. The summed E-state index contributed by atoms with van der Waals surface area (Å²) in [6, 6.07) is 8.14. The van der Waals surface area contributed by atoms with Crippen molar-refractivity contribution in [2.24, 2.45) is 5.73 Å². The van der Waals surface area contributed by atoms with E-state index >= 15 is 0 Å². The molecule has 0 saturated carbocycles. The van der Waals surface area contributed by atoms with E-state index in [-0.39, 0.29) is 18.0 Å². The SMILES string of the molecule is N[C@@H]1CC(c2cccnc2)Oc2cc(F)ccc21. The van der Waals surface area contributed by atoms with Crippen molar-refractivity contribution < 1.29 is 9.13 Å². The average Bonchev–Trinajstić information content (AvgIpc) is 2.39. The van der Waals surface area contributed by atoms with Gasteiger partial charge >= 0.3 is 0 Å². The van der Waals surface area contributed by atoms with Gasteiger partial charge in [-0.1, -0.05) is 12.1 Å². The van der Waals surface area contributed by atoms with Crippen LogP contribution in [-0.4, -0.2) is 4.98 Å². The molecule has 18 heavy (non-hydrogen) atoms. The largest absolute Gasteiger partial charge is 0.485 e. The first-order valence-corrected chi connectivity index (χ1v) is 5.85. The van der Waals surface area contributed by atoms with E-state index < -0.39 is 0 Å². The van der Waals surface area contributed by atoms with E-state index in [0.29, 0.717) is 12.2 Å². The summed E-state index contributed by atoms with van der Waals surface area (Å²) in [5.41, 5.74) is 7.92. The van der Waals surface area contributed by atoms with E-state index in [4.69, 9.17) is 10.5 Å². The van der Waals surface area contributed by atoms with Crippen LogP contribution >= 0.6 is 0 Å². The third-order valence-corrected chi connectivity index (χ3v) is 3.17. The summed E-state index contributed by atoms with van der Waals surface area (Å²) in [7, 11) is 0. The first kappa shape index (κ1) is 11.2. The van der Waals surface area contributed by atoms with Crippen molar-refractivity contribution in [2.45, 2.75) is 18.6 Å². The Bertz CT molecular complexity index is 559. The first-order chi connectivity index (χ1) is 8.74. The maximum absolute atomic E-state index is 13.2. The number of fused-ring (bicyclic) bond motifs is 1. The predicted octanol–water partition coefficient (Wildman–Crippen LogP) is 2.74. The van der Waals surface area contributed by atoms with Crippen LogP contribution in [0.5, 0.6) is 5.75 Å². The highest BCUT2D eigenvalue weighted by Crippen LogP contribution is 2.39. The van der Waals surface area contributed by atoms with E-state index in [1.54, 1.807) is 18.5 Å². The normalized spacial score (nSPS) is 22.1. The molecular weight excluding hydrogens is 231 g/mol. The molecule has 1 aromatic carbocycles. The fourth-order valence-electron chi connectivity index (χ4n) is 2.25. The van der Waals surface area contributed by atoms with Gasteiger partial charge in [-0.2, -0.15) is 0 Å². The fourth-order valence-corrected chi connectivity index (χ4v) is 2.25. The van der Waals surface area contributed by atoms with Crippen LogP contribution in [0.25, 0.3) is 0 Å². The van der Waals surface area contributed by atoms with Gasteiger partial charge in [0.05, 0.1) is 0 Å². The molecule has 1 aliphatic heterocycles. The number of hydrogen-bond acceptors (Lipinski definition) is 3. The second-order valence-corrected chi connectivity index (χ2v) is 4.42. The van der Waals surface area contributed by atoms with Crippen LogP contribution in [0, 0.1) is 5.82 Å². The molecule has 0 aliphatic carbocycles. The monoisotopic (exact) mass is 244 g/mol. The number of nitrogens with zero attached hydrogens (tertiary/aromatic N) is 1. The third kappa shape index (κ3) is 1.95. The fraction of sp³-hybridized carbons (Fsp3) is 0.214. The second-order valence-electron chi connectivity index (χ2n) is 4.42. The van der Waals surface area contributed by atoms with Gasteiger partial charge in [0.1, 0.15) is 17.7 Å². The summed E-state index contributed by atoms with van der Waals surface area (Å²) in [5, 5.41) is 0. The molecule has 0 fully saturated rings. The molecule has 0 amide bonds. The number of benzene rings is 1. The minimum absolute atomic E-state index is 0.139. The highest BCUT2D eigenvalue weighted by atomic mass is 19.1. The number of halogens is 1. The predicted molar refractivity (Wildman–Crippen MR) is 65.6 cm³/mol. The van der Waals surface area contributed by atoms with E-state index in [2.05, 4.69) is 4.98 Å². The summed E-state index contributed by atoms with van der Waals surface area (Å²) in [4.78, 5) is 4.06. The van der Waals surface area contributed by atoms with Crippen LogP contribution in [-0.2, 0) is 0 Å². The minimum atomic E-state index is -0.312. The summed E-state index contributed by atoms with van der Waals surface area (Å²) >= 11 is 0. The number of hydrogen-bond donors (Lipinski definition) is 1. The zero-order chi connectivity index (χ0) is 12.5. The van der Waals surface area contributed by atoms with Crippen LogP contribution < -0.4 is 10.5 Å². The molecule has 0 bridgehead atoms. The molecule has 4 heteroatoms. The van der Waals surface area contributed by atoms with E-state index in [1.165, 1.54) is 12.1 Å². The number of nitrogens with two attached hydrogens (primary N) is 1. The quantitative estimate of drug-likeness (QED) is 0.839. The van der Waals surface area contributed by atoms with Crippen LogP contribution in [0.3, 0.4) is 0 Å². The molecule has 1 aromatic heterocycles. The standard InChI is InChI=1S/C14H13FN2O/c15-10-3-4-11-12(16)7-13(18-14(11)6-10)9-2-1-5-17-8-9/h1-6,8,12-13H,7,16H2/t12-,13?/m1/s1. The smallest absolute Gasteiger partial charge is 0.127 e. The summed E-state index contributed by atoms with van der Waals surface area (Å²) in [6.45, 7) is 0. The van der Waals surface area contributed by atoms with Crippen LogP contribution in [0.2, 0.25) is 0 Å². The lowest BCUT2D eigenvalue weighted by atomic mass is 9.94. The van der Waals surface area contributed by atoms with Crippen molar-refractivity contribution in [3.8, 4) is 5.75 Å². The average molecular weight is 244 g/mol. The molecule has 0 saturated heterocycles. The maximum atomic E-state index is 13.2. The van der Waals surface area contributed by atoms with Gasteiger partial charge in [-0.3, -0.25) is 4.98 Å². The van der Waals surface area contributed by atoms with Gasteiger partial charge in [0.25, 0.3) is 0 Å². The Balaban J connectivity index is 1.96. The number of rotatable bonds is 1. The van der Waals surface area contributed by atoms with Crippen LogP contribution in [0.1, 0.15) is 29.7 Å². The highest BCUT2D eigenvalue weighted by Gasteiger charge is 2.27. The summed E-state index contributed by atoms with van der Waals surface area (Å²) in [5.74, 6) is 0.218. The molecule has 3 rings (SSSR count). The van der Waals surface area contributed by atoms with Gasteiger partial charge in [-0.25, -0.2) is 4.39 Å². The van der Waals surface area contributed by atoms with Crippen LogP contribution in [0.15, 0.2) is 42.7 Å². The number of ether oxygens (including phenoxy) is 1. The van der Waals surface area contributed by atoms with Crippen LogP contribution in [0.4, 0.5) is 4.39 Å². The summed E-state index contributed by atoms with van der Waals surface area (Å²) in [6.07, 6.45) is 3.97.